The fourth-order valence-corrected chi connectivity index (χ4v) is 2.36. The summed E-state index contributed by atoms with van der Waals surface area (Å²) in [5.74, 6) is 1.21. The molecule has 0 unspecified atom stereocenters. The summed E-state index contributed by atoms with van der Waals surface area (Å²) in [6.07, 6.45) is 0.218. The molecule has 2 aromatic carbocycles. The van der Waals surface area contributed by atoms with Gasteiger partial charge in [-0.2, -0.15) is 4.98 Å². The van der Waals surface area contributed by atoms with Crippen LogP contribution in [0.25, 0.3) is 11.4 Å². The van der Waals surface area contributed by atoms with Gasteiger partial charge in [-0.05, 0) is 29.8 Å². The monoisotopic (exact) mass is 342 g/mol. The number of halogens is 1. The Morgan fingerprint density at radius 2 is 1.96 bits per heavy atom. The molecule has 0 saturated heterocycles. The summed E-state index contributed by atoms with van der Waals surface area (Å²) >= 11 is 5.83. The molecule has 7 heteroatoms. The number of rotatable bonds is 5. The molecule has 1 aromatic heterocycles. The van der Waals surface area contributed by atoms with E-state index in [1.54, 1.807) is 31.4 Å². The second-order valence-electron chi connectivity index (χ2n) is 5.06. The number of benzene rings is 2. The Labute approximate surface area is 143 Å². The second kappa shape index (κ2) is 7.14. The predicted octanol–water partition coefficient (Wildman–Crippen LogP) is 3.31. The summed E-state index contributed by atoms with van der Waals surface area (Å²) in [5, 5.41) is 10.1. The molecule has 0 aliphatic carbocycles. The fraction of sp³-hybridized carbons (Fsp3) is 0.118. The van der Waals surface area contributed by atoms with Crippen LogP contribution < -0.4 is 10.1 Å². The Balaban J connectivity index is 1.69. The standard InChI is InChI=1S/C17H15ClN4O2/c1-24-14-5-3-2-4-13(14)16-20-17(22-21-16)19-15(23)10-11-6-8-12(18)9-7-11/h2-9H,10H2,1H3,(H2,19,20,21,22,23). The number of H-pyrrole nitrogens is 1. The van der Waals surface area contributed by atoms with Gasteiger partial charge in [0, 0.05) is 5.02 Å². The molecule has 2 N–H and O–H groups in total. The van der Waals surface area contributed by atoms with Gasteiger partial charge >= 0.3 is 0 Å². The molecular weight excluding hydrogens is 328 g/mol. The molecule has 24 heavy (non-hydrogen) atoms. The van der Waals surface area contributed by atoms with Crippen molar-refractivity contribution in [2.45, 2.75) is 6.42 Å². The molecule has 0 bridgehead atoms. The third-order valence-electron chi connectivity index (χ3n) is 3.38. The first-order valence-electron chi connectivity index (χ1n) is 7.26. The molecule has 3 rings (SSSR count). The average molecular weight is 343 g/mol. The molecule has 0 atom stereocenters. The second-order valence-corrected chi connectivity index (χ2v) is 5.50. The SMILES string of the molecule is COc1ccccc1-c1nc(NC(=O)Cc2ccc(Cl)cc2)n[nH]1. The quantitative estimate of drug-likeness (QED) is 0.745. The largest absolute Gasteiger partial charge is 0.496 e. The molecule has 0 spiro atoms. The third kappa shape index (κ3) is 3.72. The van der Waals surface area contributed by atoms with Crippen LogP contribution in [0, 0.1) is 0 Å². The van der Waals surface area contributed by atoms with Gasteiger partial charge in [0.15, 0.2) is 5.82 Å². The van der Waals surface area contributed by atoms with Crippen LogP contribution >= 0.6 is 11.6 Å². The maximum atomic E-state index is 12.1. The van der Waals surface area contributed by atoms with Gasteiger partial charge < -0.3 is 4.74 Å². The maximum Gasteiger partial charge on any atom is 0.249 e. The number of amides is 1. The van der Waals surface area contributed by atoms with E-state index in [0.29, 0.717) is 16.6 Å². The van der Waals surface area contributed by atoms with Crippen LogP contribution in [0.4, 0.5) is 5.95 Å². The van der Waals surface area contributed by atoms with Crippen LogP contribution in [-0.4, -0.2) is 28.2 Å². The topological polar surface area (TPSA) is 79.9 Å². The first kappa shape index (κ1) is 16.0. The number of hydrogen-bond donors (Lipinski definition) is 2. The number of carbonyl (C=O) groups is 1. The van der Waals surface area contributed by atoms with E-state index in [-0.39, 0.29) is 18.3 Å². The Kier molecular flexibility index (Phi) is 4.77. The summed E-state index contributed by atoms with van der Waals surface area (Å²) in [6, 6.07) is 14.5. The summed E-state index contributed by atoms with van der Waals surface area (Å²) in [6.45, 7) is 0. The van der Waals surface area contributed by atoms with Gasteiger partial charge in [0.1, 0.15) is 5.75 Å². The van der Waals surface area contributed by atoms with E-state index in [2.05, 4.69) is 20.5 Å². The number of aromatic nitrogens is 3. The van der Waals surface area contributed by atoms with E-state index in [4.69, 9.17) is 16.3 Å². The van der Waals surface area contributed by atoms with Crippen LogP contribution in [0.1, 0.15) is 5.56 Å². The lowest BCUT2D eigenvalue weighted by Gasteiger charge is -2.04. The normalized spacial score (nSPS) is 10.4. The van der Waals surface area contributed by atoms with E-state index in [1.807, 2.05) is 24.3 Å². The first-order valence-corrected chi connectivity index (χ1v) is 7.63. The van der Waals surface area contributed by atoms with E-state index >= 15 is 0 Å². The van der Waals surface area contributed by atoms with Gasteiger partial charge in [-0.25, -0.2) is 0 Å². The van der Waals surface area contributed by atoms with Gasteiger partial charge in [0.25, 0.3) is 0 Å². The first-order chi connectivity index (χ1) is 11.7. The van der Waals surface area contributed by atoms with Gasteiger partial charge in [0.05, 0.1) is 19.1 Å². The molecule has 0 aliphatic heterocycles. The van der Waals surface area contributed by atoms with Crippen molar-refractivity contribution in [3.63, 3.8) is 0 Å². The number of carbonyl (C=O) groups excluding carboxylic acids is 1. The van der Waals surface area contributed by atoms with Crippen LogP contribution in [0.2, 0.25) is 5.02 Å². The van der Waals surface area contributed by atoms with Gasteiger partial charge in [-0.15, -0.1) is 5.10 Å². The Bertz CT molecular complexity index is 846. The molecule has 6 nitrogen and oxygen atoms in total. The van der Waals surface area contributed by atoms with Crippen molar-refractivity contribution in [2.24, 2.45) is 0 Å². The Hall–Kier alpha value is -2.86. The summed E-state index contributed by atoms with van der Waals surface area (Å²) in [5.41, 5.74) is 1.63. The fourth-order valence-electron chi connectivity index (χ4n) is 2.23. The molecule has 0 radical (unpaired) electrons. The molecule has 122 valence electrons. The average Bonchev–Trinajstić information content (AvgIpc) is 3.05. The van der Waals surface area contributed by atoms with Crippen molar-refractivity contribution in [1.82, 2.24) is 15.2 Å². The highest BCUT2D eigenvalue weighted by Crippen LogP contribution is 2.27. The number of ether oxygens (including phenoxy) is 1. The highest BCUT2D eigenvalue weighted by molar-refractivity contribution is 6.30. The van der Waals surface area contributed by atoms with Gasteiger partial charge in [-0.3, -0.25) is 15.2 Å². The van der Waals surface area contributed by atoms with E-state index in [9.17, 15) is 4.79 Å². The molecular formula is C17H15ClN4O2. The zero-order chi connectivity index (χ0) is 16.9. The van der Waals surface area contributed by atoms with Crippen molar-refractivity contribution in [2.75, 3.05) is 12.4 Å². The van der Waals surface area contributed by atoms with Crippen molar-refractivity contribution in [3.05, 3.63) is 59.1 Å². The lowest BCUT2D eigenvalue weighted by atomic mass is 10.1. The third-order valence-corrected chi connectivity index (χ3v) is 3.63. The minimum Gasteiger partial charge on any atom is -0.496 e. The highest BCUT2D eigenvalue weighted by atomic mass is 35.5. The van der Waals surface area contributed by atoms with E-state index in [0.717, 1.165) is 11.1 Å². The smallest absolute Gasteiger partial charge is 0.249 e. The van der Waals surface area contributed by atoms with Crippen LogP contribution in [0.5, 0.6) is 5.75 Å². The summed E-state index contributed by atoms with van der Waals surface area (Å²) in [4.78, 5) is 16.4. The molecule has 0 aliphatic rings. The number of nitrogens with one attached hydrogen (secondary N) is 2. The van der Waals surface area contributed by atoms with Crippen LogP contribution in [-0.2, 0) is 11.2 Å². The predicted molar refractivity (Wildman–Crippen MR) is 92.2 cm³/mol. The molecule has 1 amide bonds. The van der Waals surface area contributed by atoms with E-state index < -0.39 is 0 Å². The molecule has 3 aromatic rings. The summed E-state index contributed by atoms with van der Waals surface area (Å²) < 4.78 is 5.29. The van der Waals surface area contributed by atoms with Crippen LogP contribution in [0.15, 0.2) is 48.5 Å². The zero-order valence-corrected chi connectivity index (χ0v) is 13.7. The van der Waals surface area contributed by atoms with E-state index in [1.165, 1.54) is 0 Å². The molecule has 1 heterocycles. The lowest BCUT2D eigenvalue weighted by Crippen LogP contribution is -2.15. The van der Waals surface area contributed by atoms with Gasteiger partial charge in [-0.1, -0.05) is 35.9 Å². The molecule has 0 fully saturated rings. The zero-order valence-electron chi connectivity index (χ0n) is 12.9. The lowest BCUT2D eigenvalue weighted by molar-refractivity contribution is -0.115. The van der Waals surface area contributed by atoms with Crippen molar-refractivity contribution in [3.8, 4) is 17.1 Å². The number of anilines is 1. The number of aromatic amines is 1. The maximum absolute atomic E-state index is 12.1. The number of para-hydroxylation sites is 1. The summed E-state index contributed by atoms with van der Waals surface area (Å²) in [7, 11) is 1.59. The number of nitrogens with zero attached hydrogens (tertiary/aromatic N) is 2. The van der Waals surface area contributed by atoms with Gasteiger partial charge in [0.2, 0.25) is 11.9 Å². The van der Waals surface area contributed by atoms with Crippen molar-refractivity contribution >= 4 is 23.5 Å². The minimum atomic E-state index is -0.206. The number of hydrogen-bond acceptors (Lipinski definition) is 4. The highest BCUT2D eigenvalue weighted by Gasteiger charge is 2.12. The van der Waals surface area contributed by atoms with Crippen LogP contribution in [0.3, 0.4) is 0 Å². The Morgan fingerprint density at radius 1 is 1.21 bits per heavy atom. The van der Waals surface area contributed by atoms with Crippen molar-refractivity contribution in [1.29, 1.82) is 0 Å². The number of methoxy groups -OCH3 is 1. The minimum absolute atomic E-state index is 0.206. The van der Waals surface area contributed by atoms with Crippen molar-refractivity contribution < 1.29 is 9.53 Å². The Morgan fingerprint density at radius 3 is 2.71 bits per heavy atom. The molecule has 0 saturated carbocycles.